The molecule has 3 aromatic rings. The molecule has 0 radical (unpaired) electrons. The van der Waals surface area contributed by atoms with E-state index in [0.29, 0.717) is 18.0 Å². The molecule has 0 unspecified atom stereocenters. The van der Waals surface area contributed by atoms with Crippen LogP contribution in [0.1, 0.15) is 22.8 Å². The van der Waals surface area contributed by atoms with Crippen molar-refractivity contribution >= 4 is 32.8 Å². The second kappa shape index (κ2) is 7.85. The average Bonchev–Trinajstić information content (AvgIpc) is 3.17. The maximum absolute atomic E-state index is 13.1. The van der Waals surface area contributed by atoms with Gasteiger partial charge in [-0.1, -0.05) is 43.0 Å². The summed E-state index contributed by atoms with van der Waals surface area (Å²) < 4.78 is 31.8. The Labute approximate surface area is 173 Å². The highest BCUT2D eigenvalue weighted by Crippen LogP contribution is 2.46. The SMILES string of the molecule is C=CCOc1cccc([C@H]2CC(=O)Nc3c(S(=O)(=O)c4ccccc4)csc32)c1. The molecule has 1 amide bonds. The minimum Gasteiger partial charge on any atom is -0.490 e. The molecule has 7 heteroatoms. The summed E-state index contributed by atoms with van der Waals surface area (Å²) in [6.45, 7) is 4.03. The Morgan fingerprint density at radius 2 is 1.97 bits per heavy atom. The van der Waals surface area contributed by atoms with Gasteiger partial charge in [0.05, 0.1) is 10.6 Å². The van der Waals surface area contributed by atoms with Gasteiger partial charge in [-0.15, -0.1) is 11.3 Å². The first kappa shape index (κ1) is 19.4. The van der Waals surface area contributed by atoms with Crippen LogP contribution in [0, 0.1) is 0 Å². The van der Waals surface area contributed by atoms with Gasteiger partial charge in [0.1, 0.15) is 17.3 Å². The normalized spacial score (nSPS) is 16.0. The van der Waals surface area contributed by atoms with Crippen molar-refractivity contribution in [3.8, 4) is 5.75 Å². The van der Waals surface area contributed by atoms with Gasteiger partial charge in [-0.25, -0.2) is 8.42 Å². The maximum Gasteiger partial charge on any atom is 0.225 e. The number of amides is 1. The van der Waals surface area contributed by atoms with E-state index in [2.05, 4.69) is 11.9 Å². The van der Waals surface area contributed by atoms with Gasteiger partial charge in [0.15, 0.2) is 0 Å². The fraction of sp³-hybridized carbons (Fsp3) is 0.136. The van der Waals surface area contributed by atoms with Gasteiger partial charge >= 0.3 is 0 Å². The Morgan fingerprint density at radius 1 is 1.17 bits per heavy atom. The molecule has 148 valence electrons. The Morgan fingerprint density at radius 3 is 2.72 bits per heavy atom. The summed E-state index contributed by atoms with van der Waals surface area (Å²) in [5.41, 5.74) is 1.30. The Bertz CT molecular complexity index is 1170. The quantitative estimate of drug-likeness (QED) is 0.585. The lowest BCUT2D eigenvalue weighted by Crippen LogP contribution is -2.23. The van der Waals surface area contributed by atoms with Crippen molar-refractivity contribution in [2.45, 2.75) is 22.1 Å². The van der Waals surface area contributed by atoms with Crippen LogP contribution in [0.5, 0.6) is 5.75 Å². The monoisotopic (exact) mass is 425 g/mol. The van der Waals surface area contributed by atoms with Crippen LogP contribution in [0.3, 0.4) is 0 Å². The number of anilines is 1. The number of fused-ring (bicyclic) bond motifs is 1. The third-order valence-electron chi connectivity index (χ3n) is 4.73. The molecule has 1 aromatic heterocycles. The van der Waals surface area contributed by atoms with Gasteiger partial charge in [0, 0.05) is 22.6 Å². The third-order valence-corrected chi connectivity index (χ3v) is 7.77. The number of ether oxygens (including phenoxy) is 1. The standard InChI is InChI=1S/C22H19NO4S2/c1-2-11-27-16-8-6-7-15(12-16)18-13-20(24)23-21-19(14-28-22(18)21)29(25,26)17-9-4-3-5-10-17/h2-10,12,14,18H,1,11,13H2,(H,23,24)/t18-/m1/s1. The van der Waals surface area contributed by atoms with Crippen LogP contribution in [0.15, 0.2) is 82.4 Å². The summed E-state index contributed by atoms with van der Waals surface area (Å²) in [5.74, 6) is 0.252. The minimum absolute atomic E-state index is 0.140. The molecule has 0 fully saturated rings. The van der Waals surface area contributed by atoms with E-state index < -0.39 is 9.84 Å². The van der Waals surface area contributed by atoms with Crippen molar-refractivity contribution in [3.05, 3.63) is 83.1 Å². The molecule has 1 aliphatic heterocycles. The number of hydrogen-bond acceptors (Lipinski definition) is 5. The summed E-state index contributed by atoms with van der Waals surface area (Å²) in [6.07, 6.45) is 1.92. The van der Waals surface area contributed by atoms with Crippen LogP contribution >= 0.6 is 11.3 Å². The fourth-order valence-corrected chi connectivity index (χ4v) is 6.30. The second-order valence-electron chi connectivity index (χ2n) is 6.63. The van der Waals surface area contributed by atoms with E-state index in [1.807, 2.05) is 24.3 Å². The first-order valence-corrected chi connectivity index (χ1v) is 11.4. The lowest BCUT2D eigenvalue weighted by molar-refractivity contribution is -0.116. The zero-order valence-electron chi connectivity index (χ0n) is 15.5. The zero-order valence-corrected chi connectivity index (χ0v) is 17.1. The van der Waals surface area contributed by atoms with E-state index in [1.54, 1.807) is 41.8 Å². The lowest BCUT2D eigenvalue weighted by Gasteiger charge is -2.24. The molecule has 1 N–H and O–H groups in total. The molecule has 5 nitrogen and oxygen atoms in total. The smallest absolute Gasteiger partial charge is 0.225 e. The van der Waals surface area contributed by atoms with Crippen molar-refractivity contribution < 1.29 is 17.9 Å². The number of nitrogens with one attached hydrogen (secondary N) is 1. The zero-order chi connectivity index (χ0) is 20.4. The van der Waals surface area contributed by atoms with Crippen LogP contribution < -0.4 is 10.1 Å². The van der Waals surface area contributed by atoms with E-state index >= 15 is 0 Å². The number of hydrogen-bond donors (Lipinski definition) is 1. The molecule has 0 saturated carbocycles. The lowest BCUT2D eigenvalue weighted by atomic mass is 9.90. The summed E-state index contributed by atoms with van der Waals surface area (Å²) in [7, 11) is -3.73. The second-order valence-corrected chi connectivity index (χ2v) is 9.46. The number of benzene rings is 2. The van der Waals surface area contributed by atoms with Crippen molar-refractivity contribution in [1.29, 1.82) is 0 Å². The maximum atomic E-state index is 13.1. The van der Waals surface area contributed by atoms with Crippen molar-refractivity contribution in [1.82, 2.24) is 0 Å². The van der Waals surface area contributed by atoms with Gasteiger partial charge in [-0.3, -0.25) is 4.79 Å². The van der Waals surface area contributed by atoms with E-state index in [1.165, 1.54) is 11.3 Å². The van der Waals surface area contributed by atoms with Crippen molar-refractivity contribution in [2.75, 3.05) is 11.9 Å². The first-order valence-electron chi connectivity index (χ1n) is 9.05. The molecular formula is C22H19NO4S2. The summed E-state index contributed by atoms with van der Waals surface area (Å²) >= 11 is 1.35. The summed E-state index contributed by atoms with van der Waals surface area (Å²) in [4.78, 5) is 13.6. The number of carbonyl (C=O) groups excluding carboxylic acids is 1. The molecule has 0 spiro atoms. The molecule has 1 atom stereocenters. The van der Waals surface area contributed by atoms with Crippen LogP contribution in [0.25, 0.3) is 0 Å². The Hall–Kier alpha value is -2.90. The Balaban J connectivity index is 1.77. The number of rotatable bonds is 6. The molecule has 1 aliphatic rings. The van der Waals surface area contributed by atoms with Gasteiger partial charge in [0.2, 0.25) is 15.7 Å². The fourth-order valence-electron chi connectivity index (χ4n) is 3.37. The minimum atomic E-state index is -3.73. The van der Waals surface area contributed by atoms with Gasteiger partial charge in [-0.2, -0.15) is 0 Å². The molecule has 2 aromatic carbocycles. The molecular weight excluding hydrogens is 406 g/mol. The van der Waals surface area contributed by atoms with Crippen LogP contribution in [-0.4, -0.2) is 20.9 Å². The topological polar surface area (TPSA) is 72.5 Å². The van der Waals surface area contributed by atoms with Gasteiger partial charge < -0.3 is 10.1 Å². The molecule has 29 heavy (non-hydrogen) atoms. The number of carbonyl (C=O) groups is 1. The number of thiophene rings is 1. The van der Waals surface area contributed by atoms with Crippen LogP contribution in [0.4, 0.5) is 5.69 Å². The van der Waals surface area contributed by atoms with Crippen molar-refractivity contribution in [2.24, 2.45) is 0 Å². The highest BCUT2D eigenvalue weighted by Gasteiger charge is 2.34. The van der Waals surface area contributed by atoms with Crippen LogP contribution in [0.2, 0.25) is 0 Å². The van der Waals surface area contributed by atoms with E-state index in [4.69, 9.17) is 4.74 Å². The van der Waals surface area contributed by atoms with Crippen LogP contribution in [-0.2, 0) is 14.6 Å². The Kier molecular flexibility index (Phi) is 5.25. The molecule has 0 saturated heterocycles. The predicted molar refractivity (Wildman–Crippen MR) is 113 cm³/mol. The average molecular weight is 426 g/mol. The predicted octanol–water partition coefficient (Wildman–Crippen LogP) is 4.62. The van der Waals surface area contributed by atoms with E-state index in [9.17, 15) is 13.2 Å². The highest BCUT2D eigenvalue weighted by atomic mass is 32.2. The molecule has 0 aliphatic carbocycles. The van der Waals surface area contributed by atoms with Gasteiger partial charge in [-0.05, 0) is 29.8 Å². The largest absolute Gasteiger partial charge is 0.490 e. The van der Waals surface area contributed by atoms with E-state index in [-0.39, 0.29) is 28.0 Å². The summed E-state index contributed by atoms with van der Waals surface area (Å²) in [6, 6.07) is 15.8. The molecule has 2 heterocycles. The van der Waals surface area contributed by atoms with Gasteiger partial charge in [0.25, 0.3) is 0 Å². The third kappa shape index (κ3) is 3.71. The molecule has 4 rings (SSSR count). The molecule has 0 bridgehead atoms. The highest BCUT2D eigenvalue weighted by molar-refractivity contribution is 7.91. The summed E-state index contributed by atoms with van der Waals surface area (Å²) in [5, 5.41) is 4.40. The van der Waals surface area contributed by atoms with E-state index in [0.717, 1.165) is 10.4 Å². The number of sulfone groups is 1. The van der Waals surface area contributed by atoms with Crippen molar-refractivity contribution in [3.63, 3.8) is 0 Å². The first-order chi connectivity index (χ1) is 14.0.